The zero-order valence-electron chi connectivity index (χ0n) is 17.4. The number of ether oxygens (including phenoxy) is 1. The van der Waals surface area contributed by atoms with E-state index < -0.39 is 0 Å². The van der Waals surface area contributed by atoms with E-state index in [9.17, 15) is 14.4 Å². The number of aryl methyl sites for hydroxylation is 1. The predicted octanol–water partition coefficient (Wildman–Crippen LogP) is 2.64. The van der Waals surface area contributed by atoms with Crippen molar-refractivity contribution in [3.05, 3.63) is 37.9 Å². The third-order valence-corrected chi connectivity index (χ3v) is 8.00. The summed E-state index contributed by atoms with van der Waals surface area (Å²) in [4.78, 5) is 46.7. The van der Waals surface area contributed by atoms with Crippen molar-refractivity contribution in [2.75, 3.05) is 45.3 Å². The van der Waals surface area contributed by atoms with Crippen molar-refractivity contribution in [3.8, 4) is 0 Å². The number of hydrogen-bond acceptors (Lipinski definition) is 6. The third-order valence-electron chi connectivity index (χ3n) is 5.54. The standard InChI is InChI=1S/C21H25N3O4S2/c1-4-13-5-6-15(29-13)19(26)23-8-7-14-16(11-23)30-21-18(14)20(27)22(2)12-17(25)24(21)9-10-28-3/h5-6H,4,7-12H2,1-3H3. The van der Waals surface area contributed by atoms with Gasteiger partial charge in [-0.3, -0.25) is 19.3 Å². The first kappa shape index (κ1) is 21.0. The second kappa shape index (κ2) is 8.49. The maximum Gasteiger partial charge on any atom is 0.264 e. The molecule has 2 aromatic heterocycles. The zero-order chi connectivity index (χ0) is 21.4. The molecule has 7 nitrogen and oxygen atoms in total. The van der Waals surface area contributed by atoms with Crippen LogP contribution in [0.1, 0.15) is 42.3 Å². The highest BCUT2D eigenvalue weighted by Crippen LogP contribution is 2.41. The normalized spacial score (nSPS) is 16.6. The monoisotopic (exact) mass is 447 g/mol. The van der Waals surface area contributed by atoms with Gasteiger partial charge in [-0.25, -0.2) is 0 Å². The van der Waals surface area contributed by atoms with Gasteiger partial charge in [-0.2, -0.15) is 0 Å². The lowest BCUT2D eigenvalue weighted by Gasteiger charge is -2.27. The van der Waals surface area contributed by atoms with Gasteiger partial charge in [-0.15, -0.1) is 22.7 Å². The summed E-state index contributed by atoms with van der Waals surface area (Å²) in [7, 11) is 3.26. The van der Waals surface area contributed by atoms with Gasteiger partial charge in [0.15, 0.2) is 0 Å². The van der Waals surface area contributed by atoms with Crippen LogP contribution in [0.25, 0.3) is 0 Å². The molecule has 160 valence electrons. The Morgan fingerprint density at radius 2 is 2.00 bits per heavy atom. The number of likely N-dealkylation sites (N-methyl/N-ethyl adjacent to an activating group) is 1. The van der Waals surface area contributed by atoms with Crippen molar-refractivity contribution >= 4 is 45.4 Å². The second-order valence-electron chi connectivity index (χ2n) is 7.48. The van der Waals surface area contributed by atoms with Gasteiger partial charge in [0, 0.05) is 30.5 Å². The van der Waals surface area contributed by atoms with Gasteiger partial charge in [0.05, 0.1) is 30.1 Å². The van der Waals surface area contributed by atoms with Crippen LogP contribution in [-0.2, 0) is 28.9 Å². The maximum atomic E-state index is 13.1. The van der Waals surface area contributed by atoms with Crippen molar-refractivity contribution in [1.29, 1.82) is 0 Å². The lowest BCUT2D eigenvalue weighted by atomic mass is 10.0. The van der Waals surface area contributed by atoms with Gasteiger partial charge in [-0.05, 0) is 30.5 Å². The second-order valence-corrected chi connectivity index (χ2v) is 9.73. The molecule has 0 saturated heterocycles. The first-order valence-electron chi connectivity index (χ1n) is 10.0. The van der Waals surface area contributed by atoms with Crippen LogP contribution in [0.5, 0.6) is 0 Å². The molecule has 0 N–H and O–H groups in total. The van der Waals surface area contributed by atoms with Crippen LogP contribution in [0, 0.1) is 0 Å². The van der Waals surface area contributed by atoms with Gasteiger partial charge in [0.25, 0.3) is 11.8 Å². The Labute approximate surface area is 183 Å². The fourth-order valence-electron chi connectivity index (χ4n) is 3.88. The molecular formula is C21H25N3O4S2. The summed E-state index contributed by atoms with van der Waals surface area (Å²) >= 11 is 3.00. The summed E-state index contributed by atoms with van der Waals surface area (Å²) in [6.45, 7) is 3.97. The largest absolute Gasteiger partial charge is 0.383 e. The first-order chi connectivity index (χ1) is 14.4. The Bertz CT molecular complexity index is 997. The number of carbonyl (C=O) groups excluding carboxylic acids is 3. The number of hydrogen-bond donors (Lipinski definition) is 0. The van der Waals surface area contributed by atoms with E-state index in [2.05, 4.69) is 6.92 Å². The lowest BCUT2D eigenvalue weighted by molar-refractivity contribution is -0.119. The summed E-state index contributed by atoms with van der Waals surface area (Å²) in [6, 6.07) is 3.91. The lowest BCUT2D eigenvalue weighted by Crippen LogP contribution is -2.39. The molecule has 30 heavy (non-hydrogen) atoms. The number of methoxy groups -OCH3 is 1. The molecule has 2 aliphatic rings. The van der Waals surface area contributed by atoms with Crippen LogP contribution < -0.4 is 4.90 Å². The molecule has 4 heterocycles. The highest BCUT2D eigenvalue weighted by molar-refractivity contribution is 7.17. The average molecular weight is 448 g/mol. The fraction of sp³-hybridized carbons (Fsp3) is 0.476. The van der Waals surface area contributed by atoms with Crippen molar-refractivity contribution in [2.24, 2.45) is 0 Å². The average Bonchev–Trinajstić information content (AvgIpc) is 3.35. The van der Waals surface area contributed by atoms with Crippen LogP contribution in [0.2, 0.25) is 0 Å². The van der Waals surface area contributed by atoms with E-state index in [1.54, 1.807) is 30.4 Å². The van der Waals surface area contributed by atoms with E-state index in [0.29, 0.717) is 43.2 Å². The van der Waals surface area contributed by atoms with Crippen LogP contribution in [0.3, 0.4) is 0 Å². The van der Waals surface area contributed by atoms with E-state index in [1.165, 1.54) is 21.1 Å². The van der Waals surface area contributed by atoms with Gasteiger partial charge in [0.2, 0.25) is 5.91 Å². The molecule has 4 rings (SSSR count). The maximum absolute atomic E-state index is 13.1. The summed E-state index contributed by atoms with van der Waals surface area (Å²) in [6.07, 6.45) is 1.53. The number of rotatable bonds is 5. The van der Waals surface area contributed by atoms with Gasteiger partial charge >= 0.3 is 0 Å². The minimum absolute atomic E-state index is 0.0321. The topological polar surface area (TPSA) is 70.2 Å². The Balaban J connectivity index is 1.66. The molecule has 0 spiro atoms. The Morgan fingerprint density at radius 1 is 1.20 bits per heavy atom. The minimum Gasteiger partial charge on any atom is -0.383 e. The molecule has 0 aromatic carbocycles. The smallest absolute Gasteiger partial charge is 0.264 e. The SMILES string of the molecule is CCc1ccc(C(=O)N2CCc3c(sc4c3C(=O)N(C)CC(=O)N4CCOC)C2)s1. The van der Waals surface area contributed by atoms with E-state index in [4.69, 9.17) is 4.74 Å². The molecule has 0 saturated carbocycles. The minimum atomic E-state index is -0.124. The fourth-order valence-corrected chi connectivity index (χ4v) is 6.20. The number of nitrogens with zero attached hydrogens (tertiary/aromatic N) is 3. The van der Waals surface area contributed by atoms with Gasteiger partial charge < -0.3 is 14.5 Å². The van der Waals surface area contributed by atoms with E-state index >= 15 is 0 Å². The molecule has 0 radical (unpaired) electrons. The molecule has 0 atom stereocenters. The van der Waals surface area contributed by atoms with Gasteiger partial charge in [0.1, 0.15) is 11.5 Å². The van der Waals surface area contributed by atoms with Crippen molar-refractivity contribution in [3.63, 3.8) is 0 Å². The summed E-state index contributed by atoms with van der Waals surface area (Å²) in [5.74, 6) is -0.204. The molecule has 0 unspecified atom stereocenters. The highest BCUT2D eigenvalue weighted by Gasteiger charge is 2.37. The van der Waals surface area contributed by atoms with Crippen LogP contribution in [-0.4, -0.2) is 67.9 Å². The Kier molecular flexibility index (Phi) is 5.95. The highest BCUT2D eigenvalue weighted by atomic mass is 32.1. The van der Waals surface area contributed by atoms with Crippen LogP contribution in [0.4, 0.5) is 5.00 Å². The molecule has 2 aliphatic heterocycles. The Hall–Kier alpha value is -2.23. The molecule has 9 heteroatoms. The number of carbonyl (C=O) groups is 3. The molecule has 0 bridgehead atoms. The van der Waals surface area contributed by atoms with E-state index in [-0.39, 0.29) is 24.3 Å². The van der Waals surface area contributed by atoms with Crippen LogP contribution >= 0.6 is 22.7 Å². The molecule has 3 amide bonds. The number of thiophene rings is 2. The zero-order valence-corrected chi connectivity index (χ0v) is 19.0. The number of amides is 3. The van der Waals surface area contributed by atoms with Crippen molar-refractivity contribution in [2.45, 2.75) is 26.3 Å². The predicted molar refractivity (Wildman–Crippen MR) is 118 cm³/mol. The van der Waals surface area contributed by atoms with Crippen molar-refractivity contribution < 1.29 is 19.1 Å². The summed E-state index contributed by atoms with van der Waals surface area (Å²) in [5.41, 5.74) is 1.60. The first-order valence-corrected chi connectivity index (χ1v) is 11.6. The van der Waals surface area contributed by atoms with Crippen molar-refractivity contribution in [1.82, 2.24) is 9.80 Å². The summed E-state index contributed by atoms with van der Waals surface area (Å²) < 4.78 is 5.17. The van der Waals surface area contributed by atoms with E-state index in [1.807, 2.05) is 17.0 Å². The number of fused-ring (bicyclic) bond motifs is 3. The van der Waals surface area contributed by atoms with Crippen LogP contribution in [0.15, 0.2) is 12.1 Å². The quantitative estimate of drug-likeness (QED) is 0.707. The van der Waals surface area contributed by atoms with E-state index in [0.717, 1.165) is 21.7 Å². The molecular weight excluding hydrogens is 422 g/mol. The third kappa shape index (κ3) is 3.66. The van der Waals surface area contributed by atoms with Gasteiger partial charge in [-0.1, -0.05) is 6.92 Å². The Morgan fingerprint density at radius 3 is 2.70 bits per heavy atom. The molecule has 0 aliphatic carbocycles. The summed E-state index contributed by atoms with van der Waals surface area (Å²) in [5, 5.41) is 0.690. The molecule has 2 aromatic rings. The molecule has 0 fully saturated rings. The number of anilines is 1.